The molecule has 1 saturated heterocycles. The van der Waals surface area contributed by atoms with Gasteiger partial charge in [0.05, 0.1) is 12.5 Å². The number of Topliss-reactive ketones (excluding diaryl/α,β-unsaturated/α-hetero) is 1. The van der Waals surface area contributed by atoms with Crippen LogP contribution in [0.4, 0.5) is 0 Å². The topological polar surface area (TPSA) is 72.2 Å². The van der Waals surface area contributed by atoms with Gasteiger partial charge in [0.1, 0.15) is 0 Å². The summed E-state index contributed by atoms with van der Waals surface area (Å²) in [5, 5.41) is 2.69. The van der Waals surface area contributed by atoms with E-state index in [1.54, 1.807) is 0 Å². The summed E-state index contributed by atoms with van der Waals surface area (Å²) in [5.74, 6) is -0.783. The fraction of sp³-hybridized carbons (Fsp3) is 0.750. The van der Waals surface area contributed by atoms with Gasteiger partial charge in [-0.2, -0.15) is 0 Å². The molecule has 0 aromatic heterocycles. The van der Waals surface area contributed by atoms with E-state index in [1.807, 2.05) is 0 Å². The van der Waals surface area contributed by atoms with Gasteiger partial charge in [-0.3, -0.25) is 9.59 Å². The quantitative estimate of drug-likeness (QED) is 0.545. The lowest BCUT2D eigenvalue weighted by atomic mass is 9.98. The molecule has 1 amide bonds. The summed E-state index contributed by atoms with van der Waals surface area (Å²) in [6, 6.07) is 0. The summed E-state index contributed by atoms with van der Waals surface area (Å²) in [7, 11) is 0. The van der Waals surface area contributed by atoms with Crippen LogP contribution < -0.4 is 11.1 Å². The van der Waals surface area contributed by atoms with E-state index in [0.29, 0.717) is 13.0 Å². The van der Waals surface area contributed by atoms with Crippen molar-refractivity contribution >= 4 is 11.7 Å². The second kappa shape index (κ2) is 4.21. The van der Waals surface area contributed by atoms with Gasteiger partial charge in [0.15, 0.2) is 5.78 Å². The third-order valence-electron chi connectivity index (χ3n) is 2.13. The Morgan fingerprint density at radius 3 is 3.00 bits per heavy atom. The van der Waals surface area contributed by atoms with Crippen molar-refractivity contribution in [2.24, 2.45) is 11.7 Å². The zero-order valence-corrected chi connectivity index (χ0v) is 7.01. The Bertz CT molecular complexity index is 191. The molecule has 1 unspecified atom stereocenters. The van der Waals surface area contributed by atoms with E-state index in [-0.39, 0.29) is 18.2 Å². The second-order valence-corrected chi connectivity index (χ2v) is 3.01. The molecular formula is C8H14N2O2. The van der Waals surface area contributed by atoms with Gasteiger partial charge in [-0.15, -0.1) is 0 Å². The Balaban J connectivity index is 2.59. The Labute approximate surface area is 71.5 Å². The van der Waals surface area contributed by atoms with Gasteiger partial charge in [-0.05, 0) is 12.8 Å². The third kappa shape index (κ3) is 2.04. The van der Waals surface area contributed by atoms with Crippen LogP contribution in [0.15, 0.2) is 0 Å². The summed E-state index contributed by atoms with van der Waals surface area (Å²) in [6.45, 7) is 0.658. The first-order valence-electron chi connectivity index (χ1n) is 4.26. The van der Waals surface area contributed by atoms with Gasteiger partial charge >= 0.3 is 0 Å². The van der Waals surface area contributed by atoms with E-state index < -0.39 is 5.92 Å². The fourth-order valence-corrected chi connectivity index (χ4v) is 1.39. The van der Waals surface area contributed by atoms with Gasteiger partial charge < -0.3 is 11.1 Å². The molecule has 0 aromatic carbocycles. The average molecular weight is 170 g/mol. The van der Waals surface area contributed by atoms with Crippen molar-refractivity contribution in [3.05, 3.63) is 0 Å². The van der Waals surface area contributed by atoms with E-state index >= 15 is 0 Å². The molecule has 3 N–H and O–H groups in total. The molecule has 0 radical (unpaired) electrons. The molecule has 0 bridgehead atoms. The number of hydrogen-bond acceptors (Lipinski definition) is 3. The van der Waals surface area contributed by atoms with Crippen LogP contribution in [0.3, 0.4) is 0 Å². The number of ketones is 1. The van der Waals surface area contributed by atoms with E-state index in [9.17, 15) is 9.59 Å². The lowest BCUT2D eigenvalue weighted by molar-refractivity contribution is -0.133. The number of amides is 1. The van der Waals surface area contributed by atoms with Crippen molar-refractivity contribution in [3.8, 4) is 0 Å². The van der Waals surface area contributed by atoms with Crippen molar-refractivity contribution in [1.29, 1.82) is 0 Å². The maximum atomic E-state index is 11.2. The highest BCUT2D eigenvalue weighted by molar-refractivity contribution is 6.02. The summed E-state index contributed by atoms with van der Waals surface area (Å²) >= 11 is 0. The molecule has 0 spiro atoms. The maximum absolute atomic E-state index is 11.2. The third-order valence-corrected chi connectivity index (χ3v) is 2.13. The highest BCUT2D eigenvalue weighted by atomic mass is 16.2. The fourth-order valence-electron chi connectivity index (χ4n) is 1.39. The molecule has 1 atom stereocenters. The molecule has 1 rings (SSSR count). The standard InChI is InChI=1S/C8H14N2O2/c9-5-7(11)6-3-1-2-4-10-8(6)12/h6H,1-5,9H2,(H,10,12). The predicted molar refractivity (Wildman–Crippen MR) is 44.4 cm³/mol. The van der Waals surface area contributed by atoms with Gasteiger partial charge in [0.2, 0.25) is 5.91 Å². The summed E-state index contributed by atoms with van der Waals surface area (Å²) in [4.78, 5) is 22.4. The van der Waals surface area contributed by atoms with Gasteiger partial charge in [-0.25, -0.2) is 0 Å². The summed E-state index contributed by atoms with van der Waals surface area (Å²) < 4.78 is 0. The van der Waals surface area contributed by atoms with Crippen LogP contribution >= 0.6 is 0 Å². The highest BCUT2D eigenvalue weighted by Crippen LogP contribution is 2.12. The number of nitrogens with one attached hydrogen (secondary N) is 1. The largest absolute Gasteiger partial charge is 0.355 e. The zero-order chi connectivity index (χ0) is 8.97. The molecule has 1 aliphatic heterocycles. The van der Waals surface area contributed by atoms with Crippen LogP contribution in [-0.2, 0) is 9.59 Å². The summed E-state index contributed by atoms with van der Waals surface area (Å²) in [6.07, 6.45) is 2.54. The zero-order valence-electron chi connectivity index (χ0n) is 7.01. The van der Waals surface area contributed by atoms with E-state index in [0.717, 1.165) is 12.8 Å². The minimum absolute atomic E-state index is 0.0297. The lowest BCUT2D eigenvalue weighted by Crippen LogP contribution is -2.36. The highest BCUT2D eigenvalue weighted by Gasteiger charge is 2.26. The molecule has 1 fully saturated rings. The number of nitrogens with two attached hydrogens (primary N) is 1. The van der Waals surface area contributed by atoms with Gasteiger partial charge in [-0.1, -0.05) is 6.42 Å². The smallest absolute Gasteiger partial charge is 0.230 e. The Hall–Kier alpha value is -0.900. The van der Waals surface area contributed by atoms with Crippen LogP contribution in [0.5, 0.6) is 0 Å². The second-order valence-electron chi connectivity index (χ2n) is 3.01. The summed E-state index contributed by atoms with van der Waals surface area (Å²) in [5.41, 5.74) is 5.19. The SMILES string of the molecule is NCC(=O)C1CCCCNC1=O. The van der Waals surface area contributed by atoms with Crippen molar-refractivity contribution in [2.75, 3.05) is 13.1 Å². The molecule has 0 aliphatic carbocycles. The van der Waals surface area contributed by atoms with Crippen LogP contribution in [0, 0.1) is 5.92 Å². The monoisotopic (exact) mass is 170 g/mol. The molecule has 68 valence electrons. The predicted octanol–water partition coefficient (Wildman–Crippen LogP) is -0.570. The molecule has 0 saturated carbocycles. The van der Waals surface area contributed by atoms with Crippen LogP contribution in [0.1, 0.15) is 19.3 Å². The Kier molecular flexibility index (Phi) is 3.22. The first kappa shape index (κ1) is 9.19. The maximum Gasteiger partial charge on any atom is 0.230 e. The average Bonchev–Trinajstić information content (AvgIpc) is 2.28. The minimum Gasteiger partial charge on any atom is -0.355 e. The molecule has 0 aromatic rings. The van der Waals surface area contributed by atoms with Crippen LogP contribution in [-0.4, -0.2) is 24.8 Å². The minimum atomic E-state index is -0.488. The molecule has 4 heteroatoms. The normalized spacial score (nSPS) is 24.4. The molecule has 4 nitrogen and oxygen atoms in total. The number of rotatable bonds is 2. The van der Waals surface area contributed by atoms with E-state index in [4.69, 9.17) is 5.73 Å². The van der Waals surface area contributed by atoms with Crippen LogP contribution in [0.2, 0.25) is 0 Å². The number of carbonyl (C=O) groups is 2. The van der Waals surface area contributed by atoms with E-state index in [2.05, 4.69) is 5.32 Å². The van der Waals surface area contributed by atoms with Crippen LogP contribution in [0.25, 0.3) is 0 Å². The Morgan fingerprint density at radius 2 is 2.33 bits per heavy atom. The van der Waals surface area contributed by atoms with Gasteiger partial charge in [0.25, 0.3) is 0 Å². The number of hydrogen-bond donors (Lipinski definition) is 2. The van der Waals surface area contributed by atoms with Crippen molar-refractivity contribution in [2.45, 2.75) is 19.3 Å². The first-order chi connectivity index (χ1) is 5.75. The molecular weight excluding hydrogens is 156 g/mol. The van der Waals surface area contributed by atoms with Crippen molar-refractivity contribution in [1.82, 2.24) is 5.32 Å². The van der Waals surface area contributed by atoms with E-state index in [1.165, 1.54) is 0 Å². The first-order valence-corrected chi connectivity index (χ1v) is 4.26. The lowest BCUT2D eigenvalue weighted by Gasteiger charge is -2.09. The van der Waals surface area contributed by atoms with Crippen molar-refractivity contribution in [3.63, 3.8) is 0 Å². The Morgan fingerprint density at radius 1 is 1.58 bits per heavy atom. The van der Waals surface area contributed by atoms with Gasteiger partial charge in [0, 0.05) is 6.54 Å². The molecule has 1 heterocycles. The van der Waals surface area contributed by atoms with Crippen molar-refractivity contribution < 1.29 is 9.59 Å². The number of carbonyl (C=O) groups excluding carboxylic acids is 2. The molecule has 12 heavy (non-hydrogen) atoms. The molecule has 1 aliphatic rings.